The van der Waals surface area contributed by atoms with Crippen LogP contribution in [0.4, 0.5) is 19.0 Å². The van der Waals surface area contributed by atoms with Crippen molar-refractivity contribution in [3.63, 3.8) is 0 Å². The lowest BCUT2D eigenvalue weighted by Gasteiger charge is -2.53. The number of alkyl halides is 3. The monoisotopic (exact) mass is 563 g/mol. The summed E-state index contributed by atoms with van der Waals surface area (Å²) in [5.41, 5.74) is -0.248. The lowest BCUT2D eigenvalue weighted by atomic mass is 9.73. The van der Waals surface area contributed by atoms with Crippen LogP contribution in [0.15, 0.2) is 24.0 Å². The van der Waals surface area contributed by atoms with Gasteiger partial charge in [0.25, 0.3) is 0 Å². The van der Waals surface area contributed by atoms with Gasteiger partial charge in [0.2, 0.25) is 0 Å². The molecular weight excluding hydrogens is 527 g/mol. The minimum atomic E-state index is -4.71. The minimum Gasteiger partial charge on any atom is -0.512 e. The van der Waals surface area contributed by atoms with Crippen LogP contribution < -0.4 is 15.0 Å². The topological polar surface area (TPSA) is 124 Å². The Morgan fingerprint density at radius 1 is 1.23 bits per heavy atom. The summed E-state index contributed by atoms with van der Waals surface area (Å²) in [5, 5.41) is 31.5. The van der Waals surface area contributed by atoms with Gasteiger partial charge in [-0.05, 0) is 58.9 Å². The van der Waals surface area contributed by atoms with E-state index >= 15 is 0 Å². The number of aliphatic hydroxyl groups is 2. The van der Waals surface area contributed by atoms with Crippen molar-refractivity contribution >= 4 is 17.1 Å². The molecule has 1 aromatic carbocycles. The molecule has 40 heavy (non-hydrogen) atoms. The molecular formula is C28H36F3N5O4. The largest absolute Gasteiger partial charge is 0.512 e. The highest BCUT2D eigenvalue weighted by Crippen LogP contribution is 2.44. The second kappa shape index (κ2) is 11.7. The van der Waals surface area contributed by atoms with Crippen molar-refractivity contribution in [3.05, 3.63) is 40.8 Å². The molecule has 0 radical (unpaired) electrons. The van der Waals surface area contributed by atoms with E-state index < -0.39 is 17.8 Å². The number of rotatable bonds is 9. The van der Waals surface area contributed by atoms with Gasteiger partial charge >= 0.3 is 6.18 Å². The molecule has 2 aliphatic rings. The zero-order chi connectivity index (χ0) is 29.2. The third-order valence-electron chi connectivity index (χ3n) is 7.42. The summed E-state index contributed by atoms with van der Waals surface area (Å²) in [7, 11) is 1.66. The van der Waals surface area contributed by atoms with Gasteiger partial charge in [0.05, 0.1) is 16.8 Å². The number of anilines is 1. The number of ether oxygens (including phenoxy) is 2. The van der Waals surface area contributed by atoms with Crippen LogP contribution in [0.3, 0.4) is 0 Å². The molecule has 2 saturated heterocycles. The normalized spacial score (nSPS) is 18.2. The van der Waals surface area contributed by atoms with E-state index in [0.717, 1.165) is 18.9 Å². The Kier molecular flexibility index (Phi) is 8.72. The molecule has 4 rings (SSSR count). The smallest absolute Gasteiger partial charge is 0.417 e. The molecule has 0 bridgehead atoms. The molecule has 1 spiro atoms. The predicted molar refractivity (Wildman–Crippen MR) is 146 cm³/mol. The van der Waals surface area contributed by atoms with Crippen molar-refractivity contribution in [2.75, 3.05) is 51.4 Å². The summed E-state index contributed by atoms with van der Waals surface area (Å²) in [5.74, 6) is 0.216. The number of aromatic nitrogens is 2. The van der Waals surface area contributed by atoms with E-state index in [2.05, 4.69) is 15.3 Å². The van der Waals surface area contributed by atoms with Gasteiger partial charge in [-0.2, -0.15) is 13.2 Å². The van der Waals surface area contributed by atoms with Gasteiger partial charge in [-0.15, -0.1) is 0 Å². The Labute approximate surface area is 231 Å². The molecule has 0 aliphatic carbocycles. The highest BCUT2D eigenvalue weighted by atomic mass is 19.4. The first-order valence-electron chi connectivity index (χ1n) is 13.2. The first-order valence-corrected chi connectivity index (χ1v) is 13.2. The number of allylic oxidation sites excluding steroid dienone is 2. The molecule has 1 aromatic heterocycles. The SMILES string of the molecule is CNC[C@@H](O)COc1ccc(C(F)(F)F)c(-c2nc(/C(C(C)=N)=C(\C)O)c(C)c(N3CC4(CCOCC4)C3)n2)c1. The minimum absolute atomic E-state index is 0.0230. The number of likely N-dealkylation sites (N-methyl/N-ethyl adjacent to an activating group) is 1. The number of halogens is 3. The van der Waals surface area contributed by atoms with Crippen molar-refractivity contribution in [3.8, 4) is 17.1 Å². The third-order valence-corrected chi connectivity index (χ3v) is 7.42. The molecule has 0 unspecified atom stereocenters. The Hall–Kier alpha value is -3.22. The van der Waals surface area contributed by atoms with Gasteiger partial charge in [-0.3, -0.25) is 0 Å². The molecule has 0 amide bonds. The molecule has 218 valence electrons. The summed E-state index contributed by atoms with van der Waals surface area (Å²) in [6.45, 7) is 7.47. The lowest BCUT2D eigenvalue weighted by molar-refractivity contribution is -0.137. The standard InChI is InChI=1S/C28H36F3N5O4/c1-16-24(23(17(2)32)18(3)37)34-25(35-26(16)36-14-27(15-36)7-9-39-10-8-27)21-11-20(40-13-19(38)12-33-4)5-6-22(21)28(29,30)31/h5-6,11,19,32-33,37-38H,7-10,12-15H2,1-4H3/b23-18+,32-17?/t19-/m1/s1. The van der Waals surface area contributed by atoms with Gasteiger partial charge in [0.15, 0.2) is 5.82 Å². The Morgan fingerprint density at radius 2 is 1.90 bits per heavy atom. The maximum Gasteiger partial charge on any atom is 0.417 e. The molecule has 2 fully saturated rings. The summed E-state index contributed by atoms with van der Waals surface area (Å²) >= 11 is 0. The third kappa shape index (κ3) is 6.24. The number of aliphatic hydroxyl groups excluding tert-OH is 2. The van der Waals surface area contributed by atoms with Crippen LogP contribution in [0.25, 0.3) is 17.0 Å². The van der Waals surface area contributed by atoms with Crippen molar-refractivity contribution in [2.45, 2.75) is 45.9 Å². The van der Waals surface area contributed by atoms with Crippen molar-refractivity contribution in [2.24, 2.45) is 5.41 Å². The van der Waals surface area contributed by atoms with Crippen LogP contribution >= 0.6 is 0 Å². The molecule has 3 heterocycles. The molecule has 1 atom stereocenters. The first-order chi connectivity index (χ1) is 18.8. The van der Waals surface area contributed by atoms with E-state index in [1.165, 1.54) is 26.0 Å². The molecule has 2 aliphatic heterocycles. The average Bonchev–Trinajstić information content (AvgIpc) is 2.87. The quantitative estimate of drug-likeness (QED) is 0.262. The molecule has 12 heteroatoms. The van der Waals surface area contributed by atoms with Crippen LogP contribution in [0.2, 0.25) is 0 Å². The second-order valence-electron chi connectivity index (χ2n) is 10.6. The van der Waals surface area contributed by atoms with Crippen molar-refractivity contribution in [1.29, 1.82) is 5.41 Å². The van der Waals surface area contributed by atoms with E-state index in [1.807, 2.05) is 4.90 Å². The number of nitrogens with zero attached hydrogens (tertiary/aromatic N) is 3. The van der Waals surface area contributed by atoms with E-state index in [-0.39, 0.29) is 58.4 Å². The summed E-state index contributed by atoms with van der Waals surface area (Å²) in [6.07, 6.45) is -3.78. The van der Waals surface area contributed by atoms with E-state index in [4.69, 9.17) is 14.9 Å². The fourth-order valence-electron chi connectivity index (χ4n) is 5.36. The summed E-state index contributed by atoms with van der Waals surface area (Å²) in [4.78, 5) is 11.2. The van der Waals surface area contributed by atoms with Gasteiger partial charge in [0.1, 0.15) is 30.0 Å². The zero-order valence-electron chi connectivity index (χ0n) is 23.2. The molecule has 0 saturated carbocycles. The maximum atomic E-state index is 14.2. The van der Waals surface area contributed by atoms with Gasteiger partial charge in [-0.1, -0.05) is 0 Å². The highest BCUT2D eigenvalue weighted by molar-refractivity contribution is 6.21. The maximum absolute atomic E-state index is 14.2. The van der Waals surface area contributed by atoms with Gasteiger partial charge in [-0.25, -0.2) is 9.97 Å². The zero-order valence-corrected chi connectivity index (χ0v) is 23.2. The van der Waals surface area contributed by atoms with E-state index in [1.54, 1.807) is 14.0 Å². The van der Waals surface area contributed by atoms with Gasteiger partial charge < -0.3 is 35.3 Å². The summed E-state index contributed by atoms with van der Waals surface area (Å²) < 4.78 is 53.7. The molecule has 2 aromatic rings. The number of benzene rings is 1. The van der Waals surface area contributed by atoms with Crippen LogP contribution in [-0.2, 0) is 10.9 Å². The number of nitrogens with one attached hydrogen (secondary N) is 2. The van der Waals surface area contributed by atoms with Crippen LogP contribution in [0.1, 0.15) is 43.5 Å². The van der Waals surface area contributed by atoms with E-state index in [9.17, 15) is 23.4 Å². The van der Waals surface area contributed by atoms with E-state index in [0.29, 0.717) is 37.7 Å². The Balaban J connectivity index is 1.84. The fourth-order valence-corrected chi connectivity index (χ4v) is 5.36. The second-order valence-corrected chi connectivity index (χ2v) is 10.6. The van der Waals surface area contributed by atoms with Crippen LogP contribution in [0, 0.1) is 17.7 Å². The fraction of sp³-hybridized carbons (Fsp3) is 0.536. The van der Waals surface area contributed by atoms with Crippen LogP contribution in [-0.4, -0.2) is 78.5 Å². The van der Waals surface area contributed by atoms with Crippen molar-refractivity contribution < 1.29 is 32.9 Å². The lowest BCUT2D eigenvalue weighted by Crippen LogP contribution is -2.59. The number of hydrogen-bond donors (Lipinski definition) is 4. The number of hydrogen-bond acceptors (Lipinski definition) is 9. The van der Waals surface area contributed by atoms with Gasteiger partial charge in [0, 0.05) is 55.1 Å². The average molecular weight is 564 g/mol. The molecule has 4 N–H and O–H groups in total. The first kappa shape index (κ1) is 29.8. The summed E-state index contributed by atoms with van der Waals surface area (Å²) in [6, 6.07) is 3.33. The predicted octanol–water partition coefficient (Wildman–Crippen LogP) is 4.38. The van der Waals surface area contributed by atoms with Crippen molar-refractivity contribution in [1.82, 2.24) is 15.3 Å². The highest BCUT2D eigenvalue weighted by Gasteiger charge is 2.45. The van der Waals surface area contributed by atoms with Crippen LogP contribution in [0.5, 0.6) is 5.75 Å². The Morgan fingerprint density at radius 3 is 2.48 bits per heavy atom. The molecule has 9 nitrogen and oxygen atoms in total. The Bertz CT molecular complexity index is 1280.